The van der Waals surface area contributed by atoms with Gasteiger partial charge in [0, 0.05) is 26.2 Å². The molecule has 0 atom stereocenters. The van der Waals surface area contributed by atoms with Gasteiger partial charge in [0.2, 0.25) is 0 Å². The number of hydrogen-bond donors (Lipinski definition) is 2. The van der Waals surface area contributed by atoms with Gasteiger partial charge in [0.25, 0.3) is 0 Å². The van der Waals surface area contributed by atoms with Gasteiger partial charge in [-0.15, -0.1) is 5.56 Å². The molecule has 36 heavy (non-hydrogen) atoms. The van der Waals surface area contributed by atoms with Crippen molar-refractivity contribution in [3.05, 3.63) is 119 Å². The van der Waals surface area contributed by atoms with Gasteiger partial charge in [-0.2, -0.15) is 56.2 Å². The second-order valence-corrected chi connectivity index (χ2v) is 7.49. The SMILES string of the molecule is Oc1ccc(C(F)(F)F)cc1.Oc1ccc(C(F)(F)F)cc1.[Zr].[c-]1cccc2c1Cc1ccccc1-2. The number of rotatable bonds is 0. The molecule has 0 saturated carbocycles. The van der Waals surface area contributed by atoms with Gasteiger partial charge < -0.3 is 10.2 Å². The van der Waals surface area contributed by atoms with Crippen LogP contribution in [-0.4, -0.2) is 10.2 Å². The van der Waals surface area contributed by atoms with Crippen LogP contribution in [0.15, 0.2) is 91.0 Å². The van der Waals surface area contributed by atoms with Crippen molar-refractivity contribution in [3.63, 3.8) is 0 Å². The van der Waals surface area contributed by atoms with Crippen LogP contribution >= 0.6 is 0 Å². The van der Waals surface area contributed by atoms with Crippen molar-refractivity contribution in [2.45, 2.75) is 18.8 Å². The maximum absolute atomic E-state index is 11.8. The normalized spacial score (nSPS) is 11.5. The summed E-state index contributed by atoms with van der Waals surface area (Å²) in [6, 6.07) is 25.4. The number of phenolic OH excluding ortho intramolecular Hbond substituents is 2. The number of alkyl halides is 6. The predicted octanol–water partition coefficient (Wildman–Crippen LogP) is 7.88. The zero-order chi connectivity index (χ0) is 25.6. The molecule has 9 heteroatoms. The average molecular weight is 581 g/mol. The van der Waals surface area contributed by atoms with E-state index < -0.39 is 23.5 Å². The van der Waals surface area contributed by atoms with E-state index in [1.54, 1.807) is 0 Å². The number of aromatic hydroxyl groups is 2. The molecule has 0 fully saturated rings. The Morgan fingerprint density at radius 2 is 1.03 bits per heavy atom. The van der Waals surface area contributed by atoms with Gasteiger partial charge in [-0.3, -0.25) is 0 Å². The Balaban J connectivity index is 0.000000189. The molecule has 0 radical (unpaired) electrons. The van der Waals surface area contributed by atoms with Crippen LogP contribution in [0.4, 0.5) is 26.3 Å². The first kappa shape index (κ1) is 29.2. The third-order valence-corrected chi connectivity index (χ3v) is 5.01. The van der Waals surface area contributed by atoms with Crippen LogP contribution in [0.1, 0.15) is 22.3 Å². The smallest absolute Gasteiger partial charge is 0.416 e. The molecule has 0 unspecified atom stereocenters. The zero-order valence-corrected chi connectivity index (χ0v) is 21.0. The average Bonchev–Trinajstić information content (AvgIpc) is 3.18. The Bertz CT molecular complexity index is 1150. The molecule has 186 valence electrons. The van der Waals surface area contributed by atoms with Crippen molar-refractivity contribution < 1.29 is 62.8 Å². The van der Waals surface area contributed by atoms with Gasteiger partial charge in [-0.25, -0.2) is 0 Å². The predicted molar refractivity (Wildman–Crippen MR) is 120 cm³/mol. The topological polar surface area (TPSA) is 40.5 Å². The van der Waals surface area contributed by atoms with Gasteiger partial charge in [0.1, 0.15) is 11.5 Å². The first-order chi connectivity index (χ1) is 16.4. The minimum absolute atomic E-state index is 0. The maximum atomic E-state index is 11.8. The Labute approximate surface area is 223 Å². The molecular formula is C27H19F6O2Zr-. The molecule has 0 heterocycles. The molecule has 2 N–H and O–H groups in total. The van der Waals surface area contributed by atoms with E-state index in [2.05, 4.69) is 42.5 Å². The number of fused-ring (bicyclic) bond motifs is 3. The molecule has 1 aliphatic rings. The summed E-state index contributed by atoms with van der Waals surface area (Å²) in [7, 11) is 0. The van der Waals surface area contributed by atoms with Crippen LogP contribution in [0.5, 0.6) is 11.5 Å². The third-order valence-electron chi connectivity index (χ3n) is 5.01. The van der Waals surface area contributed by atoms with E-state index in [0.29, 0.717) is 0 Å². The van der Waals surface area contributed by atoms with Crippen molar-refractivity contribution in [2.24, 2.45) is 0 Å². The second-order valence-electron chi connectivity index (χ2n) is 7.49. The van der Waals surface area contributed by atoms with Gasteiger partial charge in [-0.05, 0) is 55.0 Å². The van der Waals surface area contributed by atoms with Gasteiger partial charge in [0.15, 0.2) is 0 Å². The minimum Gasteiger partial charge on any atom is -0.508 e. The van der Waals surface area contributed by atoms with E-state index in [9.17, 15) is 26.3 Å². The van der Waals surface area contributed by atoms with Crippen molar-refractivity contribution in [1.82, 2.24) is 0 Å². The third kappa shape index (κ3) is 7.99. The van der Waals surface area contributed by atoms with Crippen LogP contribution in [0.3, 0.4) is 0 Å². The van der Waals surface area contributed by atoms with Crippen LogP contribution in [0, 0.1) is 6.07 Å². The quantitative estimate of drug-likeness (QED) is 0.145. The largest absolute Gasteiger partial charge is 0.508 e. The fourth-order valence-corrected chi connectivity index (χ4v) is 3.30. The molecule has 0 bridgehead atoms. The van der Waals surface area contributed by atoms with E-state index in [1.807, 2.05) is 6.07 Å². The Hall–Kier alpha value is -3.06. The van der Waals surface area contributed by atoms with E-state index in [-0.39, 0.29) is 37.7 Å². The molecule has 1 aliphatic carbocycles. The molecule has 2 nitrogen and oxygen atoms in total. The molecule has 4 aromatic carbocycles. The standard InChI is InChI=1S/C13H9.2C7H5F3O.Zr/c1-3-7-12-10(5-1)9-11-6-2-4-8-13(11)12;2*8-7(9,10)5-1-3-6(11)4-2-5;/h1-5,7-8H,9H2;2*1-4,11H;/q-1;;;. The summed E-state index contributed by atoms with van der Waals surface area (Å²) < 4.78 is 71.0. The monoisotopic (exact) mass is 579 g/mol. The summed E-state index contributed by atoms with van der Waals surface area (Å²) in [5, 5.41) is 17.3. The first-order valence-electron chi connectivity index (χ1n) is 10.3. The van der Waals surface area contributed by atoms with Crippen LogP contribution in [0.25, 0.3) is 11.1 Å². The molecule has 0 amide bonds. The summed E-state index contributed by atoms with van der Waals surface area (Å²) >= 11 is 0. The van der Waals surface area contributed by atoms with E-state index in [1.165, 1.54) is 22.3 Å². The first-order valence-corrected chi connectivity index (χ1v) is 10.3. The van der Waals surface area contributed by atoms with Crippen molar-refractivity contribution >= 4 is 0 Å². The van der Waals surface area contributed by atoms with Gasteiger partial charge in [-0.1, -0.05) is 35.4 Å². The number of phenols is 2. The van der Waals surface area contributed by atoms with Gasteiger partial charge in [0.05, 0.1) is 11.1 Å². The van der Waals surface area contributed by atoms with Crippen LogP contribution in [0.2, 0.25) is 0 Å². The molecule has 0 saturated heterocycles. The van der Waals surface area contributed by atoms with Crippen molar-refractivity contribution in [1.29, 1.82) is 0 Å². The Morgan fingerprint density at radius 3 is 1.50 bits per heavy atom. The van der Waals surface area contributed by atoms with Gasteiger partial charge >= 0.3 is 12.4 Å². The number of halogens is 6. The second kappa shape index (κ2) is 12.3. The molecule has 0 aliphatic heterocycles. The summed E-state index contributed by atoms with van der Waals surface area (Å²) in [6.07, 6.45) is -7.60. The molecule has 0 aromatic heterocycles. The van der Waals surface area contributed by atoms with E-state index in [0.717, 1.165) is 55.0 Å². The summed E-state index contributed by atoms with van der Waals surface area (Å²) in [5.41, 5.74) is 4.00. The molecular weight excluding hydrogens is 562 g/mol. The van der Waals surface area contributed by atoms with Crippen LogP contribution in [-0.2, 0) is 45.0 Å². The minimum atomic E-state index is -4.33. The fraction of sp³-hybridized carbons (Fsp3) is 0.111. The van der Waals surface area contributed by atoms with E-state index in [4.69, 9.17) is 10.2 Å². The summed E-state index contributed by atoms with van der Waals surface area (Å²) in [6.45, 7) is 0. The summed E-state index contributed by atoms with van der Waals surface area (Å²) in [5.74, 6) is -0.337. The van der Waals surface area contributed by atoms with E-state index >= 15 is 0 Å². The number of benzene rings is 4. The summed E-state index contributed by atoms with van der Waals surface area (Å²) in [4.78, 5) is 0. The van der Waals surface area contributed by atoms with Crippen molar-refractivity contribution in [2.75, 3.05) is 0 Å². The molecule has 5 rings (SSSR count). The molecule has 4 aromatic rings. The molecule has 0 spiro atoms. The number of hydrogen-bond acceptors (Lipinski definition) is 2. The maximum Gasteiger partial charge on any atom is 0.416 e. The Morgan fingerprint density at radius 1 is 0.583 bits per heavy atom. The fourth-order valence-electron chi connectivity index (χ4n) is 3.30. The van der Waals surface area contributed by atoms with Crippen LogP contribution < -0.4 is 0 Å². The van der Waals surface area contributed by atoms with Crippen molar-refractivity contribution in [3.8, 4) is 22.6 Å². The zero-order valence-electron chi connectivity index (χ0n) is 18.5. The Kier molecular flexibility index (Phi) is 9.94.